The summed E-state index contributed by atoms with van der Waals surface area (Å²) in [4.78, 5) is 30.8. The summed E-state index contributed by atoms with van der Waals surface area (Å²) in [5, 5.41) is 2.85. The molecule has 0 aromatic heterocycles. The molecule has 1 heterocycles. The number of nitrogens with one attached hydrogen (secondary N) is 1. The smallest absolute Gasteiger partial charge is 0.254 e. The molecule has 1 fully saturated rings. The van der Waals surface area contributed by atoms with E-state index in [1.807, 2.05) is 38.1 Å². The number of hydrogen-bond donors (Lipinski definition) is 1. The number of halogens is 1. The van der Waals surface area contributed by atoms with E-state index in [9.17, 15) is 14.0 Å². The van der Waals surface area contributed by atoms with Crippen molar-refractivity contribution >= 4 is 23.1 Å². The second kappa shape index (κ2) is 7.74. The lowest BCUT2D eigenvalue weighted by Crippen LogP contribution is -2.39. The van der Waals surface area contributed by atoms with Gasteiger partial charge in [0, 0.05) is 35.0 Å². The summed E-state index contributed by atoms with van der Waals surface area (Å²) in [6, 6.07) is 13.6. The predicted octanol–water partition coefficient (Wildman–Crippen LogP) is 4.95. The molecule has 0 spiro atoms. The molecule has 29 heavy (non-hydrogen) atoms. The van der Waals surface area contributed by atoms with Gasteiger partial charge in [-0.3, -0.25) is 14.6 Å². The predicted molar refractivity (Wildman–Crippen MR) is 111 cm³/mol. The summed E-state index contributed by atoms with van der Waals surface area (Å²) in [6.45, 7) is 3.83. The Morgan fingerprint density at radius 3 is 2.38 bits per heavy atom. The molecular formula is C24H23FN2O2. The zero-order chi connectivity index (χ0) is 20.5. The van der Waals surface area contributed by atoms with Crippen LogP contribution in [0.3, 0.4) is 0 Å². The van der Waals surface area contributed by atoms with Gasteiger partial charge in [0.15, 0.2) is 0 Å². The fourth-order valence-corrected chi connectivity index (χ4v) is 4.28. The van der Waals surface area contributed by atoms with Crippen molar-refractivity contribution in [2.75, 3.05) is 5.32 Å². The number of rotatable bonds is 3. The number of Topliss-reactive ketones (excluding diaryl/α,β-unsaturated/α-hetero) is 1. The van der Waals surface area contributed by atoms with Crippen LogP contribution in [-0.4, -0.2) is 17.4 Å². The number of benzene rings is 2. The molecule has 148 valence electrons. The highest BCUT2D eigenvalue weighted by molar-refractivity contribution is 6.14. The number of fused-ring (bicyclic) bond motifs is 1. The van der Waals surface area contributed by atoms with Gasteiger partial charge in [0.1, 0.15) is 11.6 Å². The lowest BCUT2D eigenvalue weighted by molar-refractivity contribution is -0.122. The average Bonchev–Trinajstić information content (AvgIpc) is 2.69. The summed E-state index contributed by atoms with van der Waals surface area (Å²) in [7, 11) is 0. The molecular weight excluding hydrogens is 367 g/mol. The van der Waals surface area contributed by atoms with Gasteiger partial charge >= 0.3 is 0 Å². The normalized spacial score (nSPS) is 21.5. The van der Waals surface area contributed by atoms with Crippen LogP contribution in [0.25, 0.3) is 0 Å². The monoisotopic (exact) mass is 390 g/mol. The zero-order valence-corrected chi connectivity index (χ0v) is 16.5. The van der Waals surface area contributed by atoms with Gasteiger partial charge < -0.3 is 5.32 Å². The second-order valence-electron chi connectivity index (χ2n) is 7.75. The van der Waals surface area contributed by atoms with E-state index in [0.717, 1.165) is 29.7 Å². The van der Waals surface area contributed by atoms with Gasteiger partial charge in [-0.25, -0.2) is 4.39 Å². The molecule has 4 rings (SSSR count). The van der Waals surface area contributed by atoms with Crippen LogP contribution in [0, 0.1) is 18.7 Å². The van der Waals surface area contributed by atoms with Crippen LogP contribution < -0.4 is 5.32 Å². The molecule has 1 N–H and O–H groups in total. The van der Waals surface area contributed by atoms with Crippen molar-refractivity contribution in [2.45, 2.75) is 39.0 Å². The van der Waals surface area contributed by atoms with E-state index >= 15 is 0 Å². The number of carbonyl (C=O) groups is 2. The Balaban J connectivity index is 1.77. The number of amides is 1. The van der Waals surface area contributed by atoms with Crippen molar-refractivity contribution in [1.29, 1.82) is 0 Å². The first-order valence-corrected chi connectivity index (χ1v) is 9.88. The van der Waals surface area contributed by atoms with Crippen molar-refractivity contribution in [2.24, 2.45) is 10.9 Å². The van der Waals surface area contributed by atoms with Crippen LogP contribution in [-0.2, 0) is 9.59 Å². The third-order valence-electron chi connectivity index (χ3n) is 5.69. The van der Waals surface area contributed by atoms with Gasteiger partial charge in [0.05, 0.1) is 5.92 Å². The Labute approximate surface area is 169 Å². The van der Waals surface area contributed by atoms with Crippen molar-refractivity contribution < 1.29 is 14.0 Å². The van der Waals surface area contributed by atoms with E-state index < -0.39 is 5.92 Å². The summed E-state index contributed by atoms with van der Waals surface area (Å²) in [6.07, 6.45) is 2.10. The minimum atomic E-state index is -0.399. The number of allylic oxidation sites excluding steroid dienone is 1. The summed E-state index contributed by atoms with van der Waals surface area (Å²) >= 11 is 0. The van der Waals surface area contributed by atoms with Crippen molar-refractivity contribution in [1.82, 2.24) is 0 Å². The Hall–Kier alpha value is -3.08. The van der Waals surface area contributed by atoms with Crippen LogP contribution in [0.5, 0.6) is 0 Å². The molecule has 5 heteroatoms. The van der Waals surface area contributed by atoms with Crippen LogP contribution in [0.15, 0.2) is 64.8 Å². The van der Waals surface area contributed by atoms with E-state index in [1.165, 1.54) is 24.3 Å². The highest BCUT2D eigenvalue weighted by Crippen LogP contribution is 2.43. The number of ketones is 1. The van der Waals surface area contributed by atoms with Crippen LogP contribution >= 0.6 is 0 Å². The molecule has 0 radical (unpaired) electrons. The largest absolute Gasteiger partial charge is 0.322 e. The maximum Gasteiger partial charge on any atom is 0.254 e. The van der Waals surface area contributed by atoms with Crippen LogP contribution in [0.2, 0.25) is 0 Å². The highest BCUT2D eigenvalue weighted by atomic mass is 19.1. The molecule has 1 aliphatic carbocycles. The standard InChI is InChI=1S/C24H23FN2O2/c1-14-6-8-16(9-7-14)22-21(24(29)27-18-12-10-17(25)11-13-18)15(2)26-19-4-3-5-20(28)23(19)22/h6-13,22-23H,3-5H2,1-2H3,(H,27,29)/t22-,23?/m1/s1. The molecule has 2 aliphatic rings. The third-order valence-corrected chi connectivity index (χ3v) is 5.69. The van der Waals surface area contributed by atoms with Crippen molar-refractivity contribution in [3.63, 3.8) is 0 Å². The molecule has 1 saturated carbocycles. The van der Waals surface area contributed by atoms with Crippen molar-refractivity contribution in [3.8, 4) is 0 Å². The van der Waals surface area contributed by atoms with Crippen molar-refractivity contribution in [3.05, 3.63) is 76.7 Å². The van der Waals surface area contributed by atoms with Gasteiger partial charge in [-0.15, -0.1) is 0 Å². The molecule has 0 saturated heterocycles. The van der Waals surface area contributed by atoms with Crippen LogP contribution in [0.1, 0.15) is 43.2 Å². The molecule has 1 aliphatic heterocycles. The summed E-state index contributed by atoms with van der Waals surface area (Å²) in [5.74, 6) is -1.29. The number of aryl methyl sites for hydroxylation is 1. The van der Waals surface area contributed by atoms with Crippen LogP contribution in [0.4, 0.5) is 10.1 Å². The first-order valence-electron chi connectivity index (χ1n) is 9.88. The van der Waals surface area contributed by atoms with Gasteiger partial charge in [-0.1, -0.05) is 29.8 Å². The topological polar surface area (TPSA) is 58.5 Å². The third kappa shape index (κ3) is 3.77. The molecule has 4 nitrogen and oxygen atoms in total. The Kier molecular flexibility index (Phi) is 5.14. The minimum absolute atomic E-state index is 0.139. The molecule has 2 aromatic carbocycles. The van der Waals surface area contributed by atoms with E-state index in [4.69, 9.17) is 0 Å². The second-order valence-corrected chi connectivity index (χ2v) is 7.75. The van der Waals surface area contributed by atoms with Gasteiger partial charge in [-0.05, 0) is 56.5 Å². The Bertz CT molecular complexity index is 1020. The fourth-order valence-electron chi connectivity index (χ4n) is 4.28. The summed E-state index contributed by atoms with van der Waals surface area (Å²) in [5.41, 5.74) is 4.57. The highest BCUT2D eigenvalue weighted by Gasteiger charge is 2.43. The van der Waals surface area contributed by atoms with Gasteiger partial charge in [0.2, 0.25) is 0 Å². The molecule has 2 aromatic rings. The molecule has 2 atom stereocenters. The first-order chi connectivity index (χ1) is 13.9. The Morgan fingerprint density at radius 1 is 1.00 bits per heavy atom. The number of nitrogens with zero attached hydrogens (tertiary/aromatic N) is 1. The van der Waals surface area contributed by atoms with E-state index in [-0.39, 0.29) is 23.4 Å². The minimum Gasteiger partial charge on any atom is -0.322 e. The van der Waals surface area contributed by atoms with Gasteiger partial charge in [-0.2, -0.15) is 0 Å². The quantitative estimate of drug-likeness (QED) is 0.806. The Morgan fingerprint density at radius 2 is 1.69 bits per heavy atom. The average molecular weight is 390 g/mol. The molecule has 0 bridgehead atoms. The molecule has 1 unspecified atom stereocenters. The molecule has 1 amide bonds. The summed E-state index contributed by atoms with van der Waals surface area (Å²) < 4.78 is 13.2. The number of hydrogen-bond acceptors (Lipinski definition) is 3. The number of aliphatic imine (C=N–C) groups is 1. The first kappa shape index (κ1) is 19.2. The fraction of sp³-hybridized carbons (Fsp3) is 0.292. The maximum atomic E-state index is 13.3. The maximum absolute atomic E-state index is 13.3. The zero-order valence-electron chi connectivity index (χ0n) is 16.5. The lowest BCUT2D eigenvalue weighted by Gasteiger charge is -2.36. The van der Waals surface area contributed by atoms with E-state index in [0.29, 0.717) is 23.4 Å². The van der Waals surface area contributed by atoms with Gasteiger partial charge in [0.25, 0.3) is 5.91 Å². The lowest BCUT2D eigenvalue weighted by atomic mass is 9.69. The number of anilines is 1. The van der Waals surface area contributed by atoms with E-state index in [1.54, 1.807) is 0 Å². The SMILES string of the molecule is CC1=C(C(=O)Nc2ccc(F)cc2)[C@@H](c2ccc(C)cc2)C2C(=O)CCCC2=N1. The van der Waals surface area contributed by atoms with E-state index in [2.05, 4.69) is 10.3 Å². The number of carbonyl (C=O) groups excluding carboxylic acids is 2.